The minimum absolute atomic E-state index is 0.0646. The molecule has 0 aliphatic heterocycles. The predicted molar refractivity (Wildman–Crippen MR) is 220 cm³/mol. The highest BCUT2D eigenvalue weighted by molar-refractivity contribution is 5.71. The molecule has 0 N–H and O–H groups in total. The Balaban J connectivity index is 4.32. The third-order valence-electron chi connectivity index (χ3n) is 10.7. The Morgan fingerprint density at radius 3 is 1.00 bits per heavy atom. The molecule has 0 saturated carbocycles. The summed E-state index contributed by atoms with van der Waals surface area (Å²) >= 11 is 0. The van der Waals surface area contributed by atoms with Crippen LogP contribution in [0.1, 0.15) is 252 Å². The topological polar surface area (TPSA) is 78.9 Å². The molecule has 0 fully saturated rings. The normalized spacial score (nSPS) is 12.5. The van der Waals surface area contributed by atoms with E-state index in [1.807, 2.05) is 0 Å². The first-order chi connectivity index (χ1) is 25.4. The molecule has 6 nitrogen and oxygen atoms in total. The molecular formula is C46H88O6. The third kappa shape index (κ3) is 38.1. The number of carbonyl (C=O) groups excluding carboxylic acids is 3. The van der Waals surface area contributed by atoms with Crippen LogP contribution in [0.4, 0.5) is 0 Å². The molecule has 0 aromatic carbocycles. The van der Waals surface area contributed by atoms with Gasteiger partial charge in [0.1, 0.15) is 13.2 Å². The van der Waals surface area contributed by atoms with Gasteiger partial charge in [0.2, 0.25) is 0 Å². The number of unbranched alkanes of at least 4 members (excludes halogenated alkanes) is 27. The second kappa shape index (κ2) is 40.6. The van der Waals surface area contributed by atoms with E-state index in [0.717, 1.165) is 63.7 Å². The van der Waals surface area contributed by atoms with Crippen LogP contribution in [0.3, 0.4) is 0 Å². The first kappa shape index (κ1) is 50.4. The van der Waals surface area contributed by atoms with Gasteiger partial charge in [0.25, 0.3) is 0 Å². The monoisotopic (exact) mass is 737 g/mol. The SMILES string of the molecule is CCCCCCCCCCCCCCCC(=O)OC[C@@H](COC(=O)CCCCCCCCCCCCC)OC(=O)CCCCCCCCC(C)CC. The lowest BCUT2D eigenvalue weighted by Gasteiger charge is -2.18. The van der Waals surface area contributed by atoms with E-state index in [1.54, 1.807) is 0 Å². The van der Waals surface area contributed by atoms with Crippen molar-refractivity contribution in [3.05, 3.63) is 0 Å². The van der Waals surface area contributed by atoms with Crippen molar-refractivity contribution in [2.45, 2.75) is 259 Å². The summed E-state index contributed by atoms with van der Waals surface area (Å²) in [6, 6.07) is 0. The van der Waals surface area contributed by atoms with Gasteiger partial charge < -0.3 is 14.2 Å². The Bertz CT molecular complexity index is 783. The summed E-state index contributed by atoms with van der Waals surface area (Å²) in [4.78, 5) is 37.7. The first-order valence-corrected chi connectivity index (χ1v) is 22.9. The minimum Gasteiger partial charge on any atom is -0.462 e. The molecule has 308 valence electrons. The molecule has 0 aromatic heterocycles. The zero-order valence-corrected chi connectivity index (χ0v) is 35.3. The maximum Gasteiger partial charge on any atom is 0.306 e. The van der Waals surface area contributed by atoms with Crippen LogP contribution in [0, 0.1) is 5.92 Å². The van der Waals surface area contributed by atoms with Gasteiger partial charge in [-0.2, -0.15) is 0 Å². The summed E-state index contributed by atoms with van der Waals surface area (Å²) in [5.41, 5.74) is 0. The maximum atomic E-state index is 12.7. The minimum atomic E-state index is -0.759. The summed E-state index contributed by atoms with van der Waals surface area (Å²) in [7, 11) is 0. The molecule has 0 aliphatic carbocycles. The van der Waals surface area contributed by atoms with Crippen LogP contribution in [-0.2, 0) is 28.6 Å². The van der Waals surface area contributed by atoms with Crippen molar-refractivity contribution in [1.82, 2.24) is 0 Å². The predicted octanol–water partition coefficient (Wildman–Crippen LogP) is 14.3. The van der Waals surface area contributed by atoms with Gasteiger partial charge in [0.15, 0.2) is 6.10 Å². The fraction of sp³-hybridized carbons (Fsp3) is 0.935. The summed E-state index contributed by atoms with van der Waals surface area (Å²) in [6.07, 6.45) is 39.4. The van der Waals surface area contributed by atoms with Gasteiger partial charge in [-0.3, -0.25) is 14.4 Å². The van der Waals surface area contributed by atoms with Crippen molar-refractivity contribution in [3.8, 4) is 0 Å². The average molecular weight is 737 g/mol. The summed E-state index contributed by atoms with van der Waals surface area (Å²) in [5.74, 6) is -0.0471. The molecule has 0 saturated heterocycles. The highest BCUT2D eigenvalue weighted by Gasteiger charge is 2.19. The lowest BCUT2D eigenvalue weighted by atomic mass is 10.00. The fourth-order valence-corrected chi connectivity index (χ4v) is 6.77. The largest absolute Gasteiger partial charge is 0.462 e. The lowest BCUT2D eigenvalue weighted by Crippen LogP contribution is -2.30. The van der Waals surface area contributed by atoms with Gasteiger partial charge in [-0.15, -0.1) is 0 Å². The number of carbonyl (C=O) groups is 3. The van der Waals surface area contributed by atoms with Crippen LogP contribution in [0.15, 0.2) is 0 Å². The average Bonchev–Trinajstić information content (AvgIpc) is 3.14. The fourth-order valence-electron chi connectivity index (χ4n) is 6.77. The number of hydrogen-bond acceptors (Lipinski definition) is 6. The Kier molecular flexibility index (Phi) is 39.4. The van der Waals surface area contributed by atoms with E-state index in [1.165, 1.54) is 148 Å². The Labute approximate surface area is 323 Å². The van der Waals surface area contributed by atoms with Gasteiger partial charge >= 0.3 is 17.9 Å². The van der Waals surface area contributed by atoms with E-state index >= 15 is 0 Å². The van der Waals surface area contributed by atoms with Crippen molar-refractivity contribution in [2.24, 2.45) is 5.92 Å². The first-order valence-electron chi connectivity index (χ1n) is 22.9. The molecule has 0 rings (SSSR count). The molecule has 2 atom stereocenters. The van der Waals surface area contributed by atoms with E-state index < -0.39 is 6.10 Å². The highest BCUT2D eigenvalue weighted by atomic mass is 16.6. The molecule has 6 heteroatoms. The Morgan fingerprint density at radius 1 is 0.385 bits per heavy atom. The highest BCUT2D eigenvalue weighted by Crippen LogP contribution is 2.17. The van der Waals surface area contributed by atoms with E-state index in [-0.39, 0.29) is 31.1 Å². The maximum absolute atomic E-state index is 12.7. The lowest BCUT2D eigenvalue weighted by molar-refractivity contribution is -0.167. The molecular weight excluding hydrogens is 648 g/mol. The number of esters is 3. The van der Waals surface area contributed by atoms with Crippen LogP contribution in [0.25, 0.3) is 0 Å². The van der Waals surface area contributed by atoms with Gasteiger partial charge in [-0.1, -0.05) is 214 Å². The molecule has 0 bridgehead atoms. The number of rotatable bonds is 41. The van der Waals surface area contributed by atoms with Crippen LogP contribution >= 0.6 is 0 Å². The van der Waals surface area contributed by atoms with E-state index in [0.29, 0.717) is 19.3 Å². The van der Waals surface area contributed by atoms with E-state index in [9.17, 15) is 14.4 Å². The molecule has 0 aliphatic rings. The van der Waals surface area contributed by atoms with Crippen molar-refractivity contribution >= 4 is 17.9 Å². The van der Waals surface area contributed by atoms with Crippen LogP contribution in [0.5, 0.6) is 0 Å². The molecule has 1 unspecified atom stereocenters. The quantitative estimate of drug-likeness (QED) is 0.0353. The van der Waals surface area contributed by atoms with Crippen LogP contribution in [0.2, 0.25) is 0 Å². The Morgan fingerprint density at radius 2 is 0.673 bits per heavy atom. The van der Waals surface area contributed by atoms with Crippen molar-refractivity contribution in [1.29, 1.82) is 0 Å². The van der Waals surface area contributed by atoms with Crippen molar-refractivity contribution < 1.29 is 28.6 Å². The molecule has 0 radical (unpaired) electrons. The van der Waals surface area contributed by atoms with Crippen LogP contribution in [-0.4, -0.2) is 37.2 Å². The zero-order valence-electron chi connectivity index (χ0n) is 35.3. The summed E-state index contributed by atoms with van der Waals surface area (Å²) < 4.78 is 16.7. The second-order valence-corrected chi connectivity index (χ2v) is 15.9. The van der Waals surface area contributed by atoms with Crippen molar-refractivity contribution in [2.75, 3.05) is 13.2 Å². The van der Waals surface area contributed by atoms with Gasteiger partial charge in [-0.05, 0) is 25.2 Å². The zero-order chi connectivity index (χ0) is 38.2. The molecule has 0 heterocycles. The molecule has 52 heavy (non-hydrogen) atoms. The third-order valence-corrected chi connectivity index (χ3v) is 10.7. The number of hydrogen-bond donors (Lipinski definition) is 0. The molecule has 0 spiro atoms. The summed E-state index contributed by atoms with van der Waals surface area (Å²) in [5, 5.41) is 0. The van der Waals surface area contributed by atoms with Crippen LogP contribution < -0.4 is 0 Å². The van der Waals surface area contributed by atoms with Gasteiger partial charge in [-0.25, -0.2) is 0 Å². The van der Waals surface area contributed by atoms with E-state index in [4.69, 9.17) is 14.2 Å². The Hall–Kier alpha value is -1.59. The van der Waals surface area contributed by atoms with Gasteiger partial charge in [0.05, 0.1) is 0 Å². The second-order valence-electron chi connectivity index (χ2n) is 15.9. The number of ether oxygens (including phenoxy) is 3. The standard InChI is InChI=1S/C46H88O6/c1-5-8-10-12-14-16-18-19-21-23-25-30-34-38-45(48)51-41-43(52-46(49)39-35-31-27-26-28-32-36-42(4)7-3)40-50-44(47)37-33-29-24-22-20-17-15-13-11-9-6-2/h42-43H,5-41H2,1-4H3/t42?,43-/m1/s1. The summed E-state index contributed by atoms with van der Waals surface area (Å²) in [6.45, 7) is 8.96. The van der Waals surface area contributed by atoms with Gasteiger partial charge in [0, 0.05) is 19.3 Å². The molecule has 0 aromatic rings. The molecule has 0 amide bonds. The van der Waals surface area contributed by atoms with Crippen molar-refractivity contribution in [3.63, 3.8) is 0 Å². The van der Waals surface area contributed by atoms with E-state index in [2.05, 4.69) is 27.7 Å². The smallest absolute Gasteiger partial charge is 0.306 e.